The topological polar surface area (TPSA) is 76.5 Å². The number of rotatable bonds is 4. The van der Waals surface area contributed by atoms with Crippen LogP contribution in [-0.2, 0) is 18.4 Å². The van der Waals surface area contributed by atoms with E-state index in [4.69, 9.17) is 4.74 Å². The summed E-state index contributed by atoms with van der Waals surface area (Å²) in [6, 6.07) is 11.7. The molecule has 0 aliphatic carbocycles. The zero-order chi connectivity index (χ0) is 19.7. The fraction of sp³-hybridized carbons (Fsp3) is 0.250. The second kappa shape index (κ2) is 7.30. The highest BCUT2D eigenvalue weighted by Crippen LogP contribution is 2.24. The van der Waals surface area contributed by atoms with Crippen molar-refractivity contribution in [2.45, 2.75) is 6.54 Å². The second-order valence-electron chi connectivity index (χ2n) is 6.60. The molecule has 2 heterocycles. The van der Waals surface area contributed by atoms with E-state index in [1.165, 1.54) is 18.2 Å². The van der Waals surface area contributed by atoms with Crippen molar-refractivity contribution < 1.29 is 18.7 Å². The van der Waals surface area contributed by atoms with Gasteiger partial charge in [0.05, 0.1) is 5.52 Å². The maximum Gasteiger partial charge on any atom is 0.272 e. The van der Waals surface area contributed by atoms with E-state index in [9.17, 15) is 14.0 Å². The van der Waals surface area contributed by atoms with Gasteiger partial charge in [0.15, 0.2) is 12.3 Å². The molecule has 0 spiro atoms. The van der Waals surface area contributed by atoms with Gasteiger partial charge in [0.25, 0.3) is 11.8 Å². The van der Waals surface area contributed by atoms with Crippen molar-refractivity contribution in [3.8, 4) is 5.75 Å². The van der Waals surface area contributed by atoms with Gasteiger partial charge in [-0.15, -0.1) is 0 Å². The van der Waals surface area contributed by atoms with Crippen molar-refractivity contribution >= 4 is 22.7 Å². The maximum absolute atomic E-state index is 13.5. The average molecular weight is 382 g/mol. The number of aryl methyl sites for hydroxylation is 1. The van der Waals surface area contributed by atoms with Gasteiger partial charge in [-0.2, -0.15) is 5.10 Å². The van der Waals surface area contributed by atoms with Crippen molar-refractivity contribution in [1.82, 2.24) is 20.0 Å². The summed E-state index contributed by atoms with van der Waals surface area (Å²) >= 11 is 0. The number of nitrogens with one attached hydrogen (secondary N) is 1. The monoisotopic (exact) mass is 382 g/mol. The third kappa shape index (κ3) is 3.40. The Labute approximate surface area is 160 Å². The number of hydrogen-bond donors (Lipinski definition) is 1. The summed E-state index contributed by atoms with van der Waals surface area (Å²) in [5.74, 6) is -0.399. The molecule has 0 saturated heterocycles. The number of nitrogens with zero attached hydrogens (tertiary/aromatic N) is 3. The fourth-order valence-electron chi connectivity index (χ4n) is 3.31. The lowest BCUT2D eigenvalue weighted by atomic mass is 10.2. The predicted molar refractivity (Wildman–Crippen MR) is 100 cm³/mol. The van der Waals surface area contributed by atoms with Crippen molar-refractivity contribution in [3.05, 3.63) is 59.5 Å². The number of benzene rings is 2. The smallest absolute Gasteiger partial charge is 0.272 e. The minimum Gasteiger partial charge on any atom is -0.483 e. The number of fused-ring (bicyclic) bond motifs is 2. The van der Waals surface area contributed by atoms with Crippen LogP contribution in [0.2, 0.25) is 0 Å². The predicted octanol–water partition coefficient (Wildman–Crippen LogP) is 1.86. The van der Waals surface area contributed by atoms with Gasteiger partial charge in [0.2, 0.25) is 0 Å². The molecule has 0 fully saturated rings. The van der Waals surface area contributed by atoms with Crippen LogP contribution >= 0.6 is 0 Å². The molecular weight excluding hydrogens is 363 g/mol. The molecule has 1 N–H and O–H groups in total. The summed E-state index contributed by atoms with van der Waals surface area (Å²) in [7, 11) is 1.78. The Morgan fingerprint density at radius 1 is 1.29 bits per heavy atom. The summed E-state index contributed by atoms with van der Waals surface area (Å²) in [6.07, 6.45) is 0. The molecule has 0 atom stereocenters. The molecule has 0 saturated carbocycles. The highest BCUT2D eigenvalue weighted by atomic mass is 19.1. The summed E-state index contributed by atoms with van der Waals surface area (Å²) in [5, 5.41) is 7.86. The van der Waals surface area contributed by atoms with Crippen molar-refractivity contribution in [2.24, 2.45) is 7.05 Å². The van der Waals surface area contributed by atoms with Crippen molar-refractivity contribution in [3.63, 3.8) is 0 Å². The number of carbonyl (C=O) groups excluding carboxylic acids is 2. The number of ether oxygens (including phenoxy) is 1. The van der Waals surface area contributed by atoms with Crippen LogP contribution < -0.4 is 10.1 Å². The van der Waals surface area contributed by atoms with E-state index >= 15 is 0 Å². The van der Waals surface area contributed by atoms with Crippen LogP contribution in [0, 0.1) is 5.82 Å². The quantitative estimate of drug-likeness (QED) is 0.747. The van der Waals surface area contributed by atoms with Crippen molar-refractivity contribution in [1.29, 1.82) is 0 Å². The molecule has 1 aliphatic heterocycles. The molecule has 144 valence electrons. The standard InChI is InChI=1S/C20H19FN4O3/c1-24-16-5-3-2-4-15(16)19(23-24)20(27)22-8-9-25-11-13-10-14(21)6-7-17(13)28-12-18(25)26/h2-7,10H,8-9,11-12H2,1H3,(H,22,27). The Kier molecular flexibility index (Phi) is 4.68. The summed E-state index contributed by atoms with van der Waals surface area (Å²) in [4.78, 5) is 26.4. The zero-order valence-corrected chi connectivity index (χ0v) is 15.3. The third-order valence-corrected chi connectivity index (χ3v) is 4.73. The van der Waals surface area contributed by atoms with Crippen LogP contribution in [0.5, 0.6) is 5.75 Å². The molecule has 1 aromatic heterocycles. The van der Waals surface area contributed by atoms with Crippen LogP contribution in [0.3, 0.4) is 0 Å². The van der Waals surface area contributed by atoms with Crippen molar-refractivity contribution in [2.75, 3.05) is 19.7 Å². The molecule has 0 radical (unpaired) electrons. The Balaban J connectivity index is 1.42. The Hall–Kier alpha value is -3.42. The molecule has 3 aromatic rings. The molecule has 1 aliphatic rings. The number of para-hydroxylation sites is 1. The van der Waals surface area contributed by atoms with Crippen LogP contribution in [0.4, 0.5) is 4.39 Å². The number of amides is 2. The van der Waals surface area contributed by atoms with Gasteiger partial charge in [-0.05, 0) is 24.3 Å². The molecule has 2 aromatic carbocycles. The lowest BCUT2D eigenvalue weighted by molar-refractivity contribution is -0.133. The van der Waals surface area contributed by atoms with E-state index < -0.39 is 0 Å². The minimum atomic E-state index is -0.382. The van der Waals surface area contributed by atoms with Crippen LogP contribution in [0.25, 0.3) is 10.9 Å². The largest absolute Gasteiger partial charge is 0.483 e. The van der Waals surface area contributed by atoms with Gasteiger partial charge in [-0.1, -0.05) is 18.2 Å². The third-order valence-electron chi connectivity index (χ3n) is 4.73. The van der Waals surface area contributed by atoms with E-state index in [-0.39, 0.29) is 43.9 Å². The van der Waals surface area contributed by atoms with E-state index in [1.54, 1.807) is 16.6 Å². The first-order valence-corrected chi connectivity index (χ1v) is 8.92. The molecule has 8 heteroatoms. The first kappa shape index (κ1) is 18.0. The number of aromatic nitrogens is 2. The number of halogens is 1. The van der Waals surface area contributed by atoms with Crippen LogP contribution in [0.15, 0.2) is 42.5 Å². The van der Waals surface area contributed by atoms with Gasteiger partial charge in [-0.3, -0.25) is 14.3 Å². The van der Waals surface area contributed by atoms with E-state index in [1.807, 2.05) is 24.3 Å². The lowest BCUT2D eigenvalue weighted by Gasteiger charge is -2.20. The molecule has 28 heavy (non-hydrogen) atoms. The molecule has 4 rings (SSSR count). The van der Waals surface area contributed by atoms with E-state index in [0.29, 0.717) is 17.0 Å². The van der Waals surface area contributed by atoms with Gasteiger partial charge >= 0.3 is 0 Å². The number of hydrogen-bond acceptors (Lipinski definition) is 4. The van der Waals surface area contributed by atoms with Crippen LogP contribution in [0.1, 0.15) is 16.1 Å². The summed E-state index contributed by atoms with van der Waals surface area (Å²) in [6.45, 7) is 0.653. The highest BCUT2D eigenvalue weighted by Gasteiger charge is 2.22. The first-order valence-electron chi connectivity index (χ1n) is 8.92. The van der Waals surface area contributed by atoms with Gasteiger partial charge < -0.3 is 15.0 Å². The van der Waals surface area contributed by atoms with Gasteiger partial charge in [0, 0.05) is 37.6 Å². The van der Waals surface area contributed by atoms with Gasteiger partial charge in [0.1, 0.15) is 11.6 Å². The fourth-order valence-corrected chi connectivity index (χ4v) is 3.31. The van der Waals surface area contributed by atoms with Crippen LogP contribution in [-0.4, -0.2) is 46.2 Å². The maximum atomic E-state index is 13.5. The van der Waals surface area contributed by atoms with Gasteiger partial charge in [-0.25, -0.2) is 4.39 Å². The molecule has 2 amide bonds. The lowest BCUT2D eigenvalue weighted by Crippen LogP contribution is -2.39. The molecule has 0 unspecified atom stereocenters. The summed E-state index contributed by atoms with van der Waals surface area (Å²) < 4.78 is 20.6. The molecule has 7 nitrogen and oxygen atoms in total. The Morgan fingerprint density at radius 2 is 2.11 bits per heavy atom. The first-order chi connectivity index (χ1) is 13.5. The highest BCUT2D eigenvalue weighted by molar-refractivity contribution is 6.04. The summed E-state index contributed by atoms with van der Waals surface area (Å²) in [5.41, 5.74) is 1.81. The zero-order valence-electron chi connectivity index (χ0n) is 15.3. The SMILES string of the molecule is Cn1nc(C(=O)NCCN2Cc3cc(F)ccc3OCC2=O)c2ccccc21. The minimum absolute atomic E-state index is 0.114. The Bertz CT molecular complexity index is 1060. The average Bonchev–Trinajstić information content (AvgIpc) is 2.94. The molecule has 0 bridgehead atoms. The van der Waals surface area contributed by atoms with E-state index in [2.05, 4.69) is 10.4 Å². The normalized spacial score (nSPS) is 13.8. The molecular formula is C20H19FN4O3. The Morgan fingerprint density at radius 3 is 2.96 bits per heavy atom. The second-order valence-corrected chi connectivity index (χ2v) is 6.60. The van der Waals surface area contributed by atoms with E-state index in [0.717, 1.165) is 10.9 Å². The number of carbonyl (C=O) groups is 2.